The van der Waals surface area contributed by atoms with Crippen LogP contribution in [-0.2, 0) is 24.2 Å². The third-order valence-electron chi connectivity index (χ3n) is 6.24. The van der Waals surface area contributed by atoms with Crippen LogP contribution in [0.1, 0.15) is 60.2 Å². The van der Waals surface area contributed by atoms with E-state index in [1.807, 2.05) is 18.4 Å². The zero-order chi connectivity index (χ0) is 23.7. The van der Waals surface area contributed by atoms with E-state index in [0.29, 0.717) is 17.6 Å². The fourth-order valence-electron chi connectivity index (χ4n) is 4.60. The van der Waals surface area contributed by atoms with Gasteiger partial charge in [0.15, 0.2) is 5.16 Å². The SMILES string of the molecule is Cc1cc(C)c(NC(=O)CSc2nc3sc4c(c3c(=O)n2CCC(C)C)CCCC4)c(C)c1. The van der Waals surface area contributed by atoms with Gasteiger partial charge in [-0.1, -0.05) is 43.3 Å². The molecule has 0 radical (unpaired) electrons. The van der Waals surface area contributed by atoms with Crippen LogP contribution >= 0.6 is 23.1 Å². The molecule has 0 aliphatic heterocycles. The normalized spacial score (nSPS) is 13.5. The topological polar surface area (TPSA) is 64.0 Å². The van der Waals surface area contributed by atoms with Gasteiger partial charge in [0.05, 0.1) is 11.1 Å². The van der Waals surface area contributed by atoms with Crippen molar-refractivity contribution < 1.29 is 4.79 Å². The average Bonchev–Trinajstić information content (AvgIpc) is 3.12. The summed E-state index contributed by atoms with van der Waals surface area (Å²) >= 11 is 3.03. The highest BCUT2D eigenvalue weighted by Gasteiger charge is 2.22. The van der Waals surface area contributed by atoms with Gasteiger partial charge in [-0.25, -0.2) is 4.98 Å². The maximum absolute atomic E-state index is 13.6. The lowest BCUT2D eigenvalue weighted by molar-refractivity contribution is -0.113. The summed E-state index contributed by atoms with van der Waals surface area (Å²) in [7, 11) is 0. The molecular formula is C26H33N3O2S2. The third kappa shape index (κ3) is 5.19. The molecule has 0 saturated heterocycles. The number of rotatable bonds is 7. The molecule has 1 aromatic carbocycles. The van der Waals surface area contributed by atoms with Crippen LogP contribution in [-0.4, -0.2) is 21.2 Å². The van der Waals surface area contributed by atoms with E-state index in [1.54, 1.807) is 11.3 Å². The summed E-state index contributed by atoms with van der Waals surface area (Å²) in [6.45, 7) is 11.0. The Kier molecular flexibility index (Phi) is 7.29. The van der Waals surface area contributed by atoms with E-state index in [1.165, 1.54) is 34.2 Å². The first-order valence-corrected chi connectivity index (χ1v) is 13.6. The van der Waals surface area contributed by atoms with Gasteiger partial charge in [-0.15, -0.1) is 11.3 Å². The number of nitrogens with one attached hydrogen (secondary N) is 1. The smallest absolute Gasteiger partial charge is 0.263 e. The zero-order valence-corrected chi connectivity index (χ0v) is 21.8. The predicted octanol–water partition coefficient (Wildman–Crippen LogP) is 6.04. The highest BCUT2D eigenvalue weighted by Crippen LogP contribution is 2.35. The Morgan fingerprint density at radius 3 is 2.58 bits per heavy atom. The van der Waals surface area contributed by atoms with Gasteiger partial charge in [0.25, 0.3) is 5.56 Å². The predicted molar refractivity (Wildman–Crippen MR) is 140 cm³/mol. The number of amides is 1. The van der Waals surface area contributed by atoms with E-state index in [4.69, 9.17) is 4.98 Å². The first-order valence-electron chi connectivity index (χ1n) is 11.8. The van der Waals surface area contributed by atoms with Gasteiger partial charge in [-0.05, 0) is 75.5 Å². The summed E-state index contributed by atoms with van der Waals surface area (Å²) in [5, 5.41) is 4.53. The maximum atomic E-state index is 13.6. The van der Waals surface area contributed by atoms with Crippen LogP contribution in [0, 0.1) is 26.7 Å². The monoisotopic (exact) mass is 483 g/mol. The lowest BCUT2D eigenvalue weighted by Gasteiger charge is -2.15. The highest BCUT2D eigenvalue weighted by atomic mass is 32.2. The molecule has 0 bridgehead atoms. The van der Waals surface area contributed by atoms with Crippen LogP contribution in [0.2, 0.25) is 0 Å². The largest absolute Gasteiger partial charge is 0.325 e. The molecule has 1 N–H and O–H groups in total. The van der Waals surface area contributed by atoms with Crippen LogP contribution < -0.4 is 10.9 Å². The van der Waals surface area contributed by atoms with E-state index >= 15 is 0 Å². The van der Waals surface area contributed by atoms with Crippen molar-refractivity contribution >= 4 is 44.9 Å². The van der Waals surface area contributed by atoms with Gasteiger partial charge in [-0.2, -0.15) is 0 Å². The van der Waals surface area contributed by atoms with Crippen LogP contribution in [0.4, 0.5) is 5.69 Å². The summed E-state index contributed by atoms with van der Waals surface area (Å²) in [5.74, 6) is 0.625. The fourth-order valence-corrected chi connectivity index (χ4v) is 6.73. The molecule has 1 aliphatic rings. The maximum Gasteiger partial charge on any atom is 0.263 e. The Bertz CT molecular complexity index is 1230. The zero-order valence-electron chi connectivity index (χ0n) is 20.2. The Balaban J connectivity index is 1.61. The molecule has 5 nitrogen and oxygen atoms in total. The molecule has 0 spiro atoms. The van der Waals surface area contributed by atoms with Crippen molar-refractivity contribution in [1.82, 2.24) is 9.55 Å². The summed E-state index contributed by atoms with van der Waals surface area (Å²) in [5.41, 5.74) is 5.46. The van der Waals surface area contributed by atoms with Crippen LogP contribution in [0.15, 0.2) is 22.1 Å². The summed E-state index contributed by atoms with van der Waals surface area (Å²) < 4.78 is 1.81. The molecule has 176 valence electrons. The molecule has 0 unspecified atom stereocenters. The molecule has 2 heterocycles. The number of carbonyl (C=O) groups excluding carboxylic acids is 1. The Labute approximate surface area is 204 Å². The second-order valence-corrected chi connectivity index (χ2v) is 11.6. The minimum absolute atomic E-state index is 0.0631. The number of aryl methyl sites for hydroxylation is 5. The molecule has 2 aromatic heterocycles. The minimum Gasteiger partial charge on any atom is -0.325 e. The van der Waals surface area contributed by atoms with Gasteiger partial charge >= 0.3 is 0 Å². The molecule has 4 rings (SSSR count). The fraction of sp³-hybridized carbons (Fsp3) is 0.500. The third-order valence-corrected chi connectivity index (χ3v) is 8.41. The quantitative estimate of drug-likeness (QED) is 0.329. The number of hydrogen-bond donors (Lipinski definition) is 1. The van der Waals surface area contributed by atoms with Gasteiger partial charge in [0, 0.05) is 17.1 Å². The van der Waals surface area contributed by atoms with E-state index in [-0.39, 0.29) is 17.2 Å². The van der Waals surface area contributed by atoms with E-state index < -0.39 is 0 Å². The number of thioether (sulfide) groups is 1. The first kappa shape index (κ1) is 24.0. The van der Waals surface area contributed by atoms with Crippen molar-refractivity contribution in [2.75, 3.05) is 11.1 Å². The van der Waals surface area contributed by atoms with E-state index in [9.17, 15) is 9.59 Å². The highest BCUT2D eigenvalue weighted by molar-refractivity contribution is 7.99. The van der Waals surface area contributed by atoms with Gasteiger partial charge in [-0.3, -0.25) is 14.2 Å². The molecule has 3 aromatic rings. The minimum atomic E-state index is -0.0784. The molecule has 0 saturated carbocycles. The molecule has 0 atom stereocenters. The Morgan fingerprint density at radius 2 is 1.88 bits per heavy atom. The summed E-state index contributed by atoms with van der Waals surface area (Å²) in [4.78, 5) is 33.4. The van der Waals surface area contributed by atoms with E-state index in [2.05, 4.69) is 38.2 Å². The van der Waals surface area contributed by atoms with Gasteiger partial charge in [0.1, 0.15) is 4.83 Å². The van der Waals surface area contributed by atoms with Crippen molar-refractivity contribution in [3.8, 4) is 0 Å². The molecule has 1 amide bonds. The number of benzene rings is 1. The van der Waals surface area contributed by atoms with Crippen molar-refractivity contribution in [2.24, 2.45) is 5.92 Å². The van der Waals surface area contributed by atoms with Gasteiger partial charge in [0.2, 0.25) is 5.91 Å². The van der Waals surface area contributed by atoms with Crippen LogP contribution in [0.25, 0.3) is 10.2 Å². The average molecular weight is 484 g/mol. The molecule has 0 fully saturated rings. The number of hydrogen-bond acceptors (Lipinski definition) is 5. The standard InChI is InChI=1S/C26H33N3O2S2/c1-15(2)10-11-29-25(31)22-19-8-6-7-9-20(19)33-24(22)28-26(29)32-14-21(30)27-23-17(4)12-16(3)13-18(23)5/h12-13,15H,6-11,14H2,1-5H3,(H,27,30). The van der Waals surface area contributed by atoms with Crippen molar-refractivity contribution in [1.29, 1.82) is 0 Å². The number of aromatic nitrogens is 2. The van der Waals surface area contributed by atoms with Crippen LogP contribution in [0.3, 0.4) is 0 Å². The second-order valence-electron chi connectivity index (χ2n) is 9.54. The lowest BCUT2D eigenvalue weighted by atomic mass is 9.97. The summed E-state index contributed by atoms with van der Waals surface area (Å²) in [6.07, 6.45) is 5.24. The second kappa shape index (κ2) is 10.0. The van der Waals surface area contributed by atoms with Crippen molar-refractivity contribution in [3.05, 3.63) is 49.6 Å². The molecular weight excluding hydrogens is 450 g/mol. The molecule has 33 heavy (non-hydrogen) atoms. The Hall–Kier alpha value is -2.12. The molecule has 1 aliphatic carbocycles. The number of fused-ring (bicyclic) bond motifs is 3. The van der Waals surface area contributed by atoms with E-state index in [0.717, 1.165) is 52.7 Å². The van der Waals surface area contributed by atoms with Gasteiger partial charge < -0.3 is 5.32 Å². The number of carbonyl (C=O) groups is 1. The summed E-state index contributed by atoms with van der Waals surface area (Å²) in [6, 6.07) is 4.15. The lowest BCUT2D eigenvalue weighted by Crippen LogP contribution is -2.25. The molecule has 7 heteroatoms. The number of nitrogens with zero attached hydrogens (tertiary/aromatic N) is 2. The number of thiophene rings is 1. The first-order chi connectivity index (χ1) is 15.7. The number of anilines is 1. The van der Waals surface area contributed by atoms with Crippen molar-refractivity contribution in [2.45, 2.75) is 78.4 Å². The van der Waals surface area contributed by atoms with Crippen molar-refractivity contribution in [3.63, 3.8) is 0 Å². The Morgan fingerprint density at radius 1 is 1.18 bits per heavy atom. The van der Waals surface area contributed by atoms with Crippen LogP contribution in [0.5, 0.6) is 0 Å².